The van der Waals surface area contributed by atoms with Gasteiger partial charge in [0.15, 0.2) is 0 Å². The van der Waals surface area contributed by atoms with Gasteiger partial charge in [0.1, 0.15) is 11.5 Å². The molecule has 110 valence electrons. The molecule has 1 aromatic heterocycles. The van der Waals surface area contributed by atoms with E-state index in [-0.39, 0.29) is 30.3 Å². The summed E-state index contributed by atoms with van der Waals surface area (Å²) in [5.41, 5.74) is 0.994. The molecule has 0 unspecified atom stereocenters. The summed E-state index contributed by atoms with van der Waals surface area (Å²) in [6.45, 7) is 1.90. The second-order valence-electron chi connectivity index (χ2n) is 4.56. The summed E-state index contributed by atoms with van der Waals surface area (Å²) >= 11 is 0. The molecule has 6 heteroatoms. The third-order valence-electron chi connectivity index (χ3n) is 2.85. The number of hydrogen-bond donors (Lipinski definition) is 3. The Labute approximate surface area is 121 Å². The zero-order valence-electron chi connectivity index (χ0n) is 11.6. The van der Waals surface area contributed by atoms with Crippen LogP contribution in [-0.4, -0.2) is 23.5 Å². The Kier molecular flexibility index (Phi) is 4.61. The van der Waals surface area contributed by atoms with Gasteiger partial charge in [-0.2, -0.15) is 0 Å². The maximum absolute atomic E-state index is 11.9. The highest BCUT2D eigenvalue weighted by atomic mass is 16.3. The van der Waals surface area contributed by atoms with Gasteiger partial charge in [0, 0.05) is 0 Å². The van der Waals surface area contributed by atoms with Crippen molar-refractivity contribution in [2.75, 3.05) is 6.54 Å². The van der Waals surface area contributed by atoms with Gasteiger partial charge in [0.25, 0.3) is 5.91 Å². The third-order valence-corrected chi connectivity index (χ3v) is 2.85. The van der Waals surface area contributed by atoms with Crippen LogP contribution >= 0.6 is 0 Å². The molecule has 6 nitrogen and oxygen atoms in total. The summed E-state index contributed by atoms with van der Waals surface area (Å²) in [5, 5.41) is 14.7. The van der Waals surface area contributed by atoms with Gasteiger partial charge < -0.3 is 20.2 Å². The summed E-state index contributed by atoms with van der Waals surface area (Å²) in [6, 6.07) is 8.17. The molecule has 2 rings (SSSR count). The van der Waals surface area contributed by atoms with Crippen LogP contribution in [0.1, 0.15) is 21.7 Å². The zero-order chi connectivity index (χ0) is 15.2. The highest BCUT2D eigenvalue weighted by molar-refractivity contribution is 5.98. The van der Waals surface area contributed by atoms with Crippen molar-refractivity contribution in [3.63, 3.8) is 0 Å². The van der Waals surface area contributed by atoms with E-state index in [0.717, 1.165) is 5.56 Å². The Balaban J connectivity index is 1.83. The summed E-state index contributed by atoms with van der Waals surface area (Å²) in [5.74, 6) is -0.323. The van der Waals surface area contributed by atoms with Crippen molar-refractivity contribution in [1.82, 2.24) is 10.6 Å². The number of amides is 2. The van der Waals surface area contributed by atoms with E-state index in [1.165, 1.54) is 12.3 Å². The molecule has 21 heavy (non-hydrogen) atoms. The molecule has 2 aromatic rings. The van der Waals surface area contributed by atoms with Crippen LogP contribution in [-0.2, 0) is 11.3 Å². The van der Waals surface area contributed by atoms with Crippen LogP contribution < -0.4 is 10.6 Å². The smallest absolute Gasteiger partial charge is 0.255 e. The van der Waals surface area contributed by atoms with Crippen LogP contribution in [0.5, 0.6) is 5.75 Å². The topological polar surface area (TPSA) is 91.6 Å². The van der Waals surface area contributed by atoms with Gasteiger partial charge >= 0.3 is 0 Å². The standard InChI is InChI=1S/C15H16N2O4/c1-10-4-5-13(18)12(7-10)15(20)17-9-14(19)16-8-11-3-2-6-21-11/h2-7,18H,8-9H2,1H3,(H,16,19)(H,17,20). The maximum atomic E-state index is 11.9. The van der Waals surface area contributed by atoms with E-state index in [0.29, 0.717) is 5.76 Å². The van der Waals surface area contributed by atoms with Gasteiger partial charge in [0.05, 0.1) is 24.9 Å². The average molecular weight is 288 g/mol. The fourth-order valence-corrected chi connectivity index (χ4v) is 1.75. The number of carbonyl (C=O) groups excluding carboxylic acids is 2. The van der Waals surface area contributed by atoms with Gasteiger partial charge in [0.2, 0.25) is 5.91 Å². The SMILES string of the molecule is Cc1ccc(O)c(C(=O)NCC(=O)NCc2ccco2)c1. The lowest BCUT2D eigenvalue weighted by Gasteiger charge is -2.08. The van der Waals surface area contributed by atoms with E-state index in [2.05, 4.69) is 10.6 Å². The van der Waals surface area contributed by atoms with Crippen molar-refractivity contribution in [1.29, 1.82) is 0 Å². The molecule has 0 atom stereocenters. The number of benzene rings is 1. The second kappa shape index (κ2) is 6.60. The van der Waals surface area contributed by atoms with E-state index < -0.39 is 5.91 Å². The molecule has 0 spiro atoms. The highest BCUT2D eigenvalue weighted by Gasteiger charge is 2.12. The molecule has 0 saturated heterocycles. The van der Waals surface area contributed by atoms with E-state index in [1.807, 2.05) is 6.92 Å². The Morgan fingerprint density at radius 3 is 2.76 bits per heavy atom. The monoisotopic (exact) mass is 288 g/mol. The van der Waals surface area contributed by atoms with Crippen LogP contribution in [0.25, 0.3) is 0 Å². The van der Waals surface area contributed by atoms with Gasteiger partial charge in [-0.15, -0.1) is 0 Å². The van der Waals surface area contributed by atoms with Crippen molar-refractivity contribution in [3.05, 3.63) is 53.5 Å². The number of phenolic OH excluding ortho intramolecular Hbond substituents is 1. The minimum absolute atomic E-state index is 0.117. The molecule has 0 saturated carbocycles. The molecular formula is C15H16N2O4. The molecule has 2 amide bonds. The zero-order valence-corrected chi connectivity index (χ0v) is 11.6. The van der Waals surface area contributed by atoms with E-state index in [4.69, 9.17) is 4.42 Å². The third kappa shape index (κ3) is 4.10. The normalized spacial score (nSPS) is 10.1. The van der Waals surface area contributed by atoms with Crippen molar-refractivity contribution >= 4 is 11.8 Å². The predicted octanol–water partition coefficient (Wildman–Crippen LogP) is 1.34. The summed E-state index contributed by atoms with van der Waals surface area (Å²) in [7, 11) is 0. The van der Waals surface area contributed by atoms with E-state index >= 15 is 0 Å². The largest absolute Gasteiger partial charge is 0.507 e. The molecule has 0 aliphatic carbocycles. The summed E-state index contributed by atoms with van der Waals surface area (Å²) in [4.78, 5) is 23.5. The molecule has 0 fully saturated rings. The number of rotatable bonds is 5. The van der Waals surface area contributed by atoms with Crippen molar-refractivity contribution in [2.24, 2.45) is 0 Å². The van der Waals surface area contributed by atoms with Crippen molar-refractivity contribution < 1.29 is 19.1 Å². The molecule has 0 aliphatic rings. The van der Waals surface area contributed by atoms with Crippen molar-refractivity contribution in [2.45, 2.75) is 13.5 Å². The van der Waals surface area contributed by atoms with Gasteiger partial charge in [-0.05, 0) is 31.2 Å². The second-order valence-corrected chi connectivity index (χ2v) is 4.56. The molecule has 1 heterocycles. The van der Waals surface area contributed by atoms with Crippen LogP contribution in [0, 0.1) is 6.92 Å². The summed E-state index contributed by atoms with van der Waals surface area (Å²) in [6.07, 6.45) is 1.52. The lowest BCUT2D eigenvalue weighted by molar-refractivity contribution is -0.120. The van der Waals surface area contributed by atoms with Crippen LogP contribution in [0.15, 0.2) is 41.0 Å². The first-order valence-corrected chi connectivity index (χ1v) is 6.43. The number of nitrogens with one attached hydrogen (secondary N) is 2. The summed E-state index contributed by atoms with van der Waals surface area (Å²) < 4.78 is 5.07. The molecule has 3 N–H and O–H groups in total. The van der Waals surface area contributed by atoms with Crippen LogP contribution in [0.4, 0.5) is 0 Å². The van der Waals surface area contributed by atoms with Crippen LogP contribution in [0.2, 0.25) is 0 Å². The van der Waals surface area contributed by atoms with Gasteiger partial charge in [-0.25, -0.2) is 0 Å². The average Bonchev–Trinajstić information content (AvgIpc) is 2.98. The lowest BCUT2D eigenvalue weighted by Crippen LogP contribution is -2.36. The number of phenols is 1. The number of aromatic hydroxyl groups is 1. The van der Waals surface area contributed by atoms with Gasteiger partial charge in [-0.3, -0.25) is 9.59 Å². The Hall–Kier alpha value is -2.76. The van der Waals surface area contributed by atoms with Crippen molar-refractivity contribution in [3.8, 4) is 5.75 Å². The van der Waals surface area contributed by atoms with Crippen LogP contribution in [0.3, 0.4) is 0 Å². The highest BCUT2D eigenvalue weighted by Crippen LogP contribution is 2.17. The minimum atomic E-state index is -0.496. The Bertz CT molecular complexity index is 635. The Morgan fingerprint density at radius 1 is 1.24 bits per heavy atom. The first-order valence-electron chi connectivity index (χ1n) is 6.43. The number of carbonyl (C=O) groups is 2. The fourth-order valence-electron chi connectivity index (χ4n) is 1.75. The first-order chi connectivity index (χ1) is 10.1. The minimum Gasteiger partial charge on any atom is -0.507 e. The van der Waals surface area contributed by atoms with Gasteiger partial charge in [-0.1, -0.05) is 11.6 Å². The number of hydrogen-bond acceptors (Lipinski definition) is 4. The molecule has 0 aliphatic heterocycles. The lowest BCUT2D eigenvalue weighted by atomic mass is 10.1. The quantitative estimate of drug-likeness (QED) is 0.774. The first kappa shape index (κ1) is 14.6. The fraction of sp³-hybridized carbons (Fsp3) is 0.200. The number of furan rings is 1. The number of aryl methyl sites for hydroxylation is 1. The predicted molar refractivity (Wildman–Crippen MR) is 75.7 cm³/mol. The maximum Gasteiger partial charge on any atom is 0.255 e. The molecule has 0 bridgehead atoms. The van der Waals surface area contributed by atoms with E-state index in [1.54, 1.807) is 24.3 Å². The Morgan fingerprint density at radius 2 is 2.05 bits per heavy atom. The molecule has 1 aromatic carbocycles. The molecular weight excluding hydrogens is 272 g/mol. The molecule has 0 radical (unpaired) electrons. The van der Waals surface area contributed by atoms with E-state index in [9.17, 15) is 14.7 Å².